The molecule has 0 aromatic heterocycles. The van der Waals surface area contributed by atoms with Gasteiger partial charge in [0, 0.05) is 6.04 Å². The molecule has 1 heteroatoms. The zero-order valence-electron chi connectivity index (χ0n) is 9.27. The molecule has 0 radical (unpaired) electrons. The van der Waals surface area contributed by atoms with Gasteiger partial charge >= 0.3 is 0 Å². The van der Waals surface area contributed by atoms with Crippen molar-refractivity contribution in [3.63, 3.8) is 0 Å². The van der Waals surface area contributed by atoms with Gasteiger partial charge in [0.2, 0.25) is 0 Å². The second-order valence-corrected chi connectivity index (χ2v) is 4.70. The lowest BCUT2D eigenvalue weighted by Crippen LogP contribution is -2.22. The Labute approximate surface area is 86.7 Å². The third kappa shape index (κ3) is 1.83. The van der Waals surface area contributed by atoms with Crippen LogP contribution < -0.4 is 0 Å². The maximum absolute atomic E-state index is 2.35. The Kier molecular flexibility index (Phi) is 2.60. The Morgan fingerprint density at radius 2 is 1.79 bits per heavy atom. The van der Waals surface area contributed by atoms with E-state index in [2.05, 4.69) is 56.3 Å². The first-order chi connectivity index (χ1) is 6.70. The molecule has 1 aromatic rings. The molecule has 0 spiro atoms. The van der Waals surface area contributed by atoms with Crippen LogP contribution in [-0.2, 0) is 0 Å². The summed E-state index contributed by atoms with van der Waals surface area (Å²) < 4.78 is 0. The fourth-order valence-electron chi connectivity index (χ4n) is 2.37. The normalized spacial score (nSPS) is 27.7. The summed E-state index contributed by atoms with van der Waals surface area (Å²) in [5.74, 6) is 1.77. The number of hydrogen-bond acceptors (Lipinski definition) is 1. The summed E-state index contributed by atoms with van der Waals surface area (Å²) in [5, 5.41) is 0. The van der Waals surface area contributed by atoms with Crippen LogP contribution in [0.2, 0.25) is 0 Å². The molecule has 0 saturated heterocycles. The molecule has 1 nitrogen and oxygen atoms in total. The Morgan fingerprint density at radius 1 is 1.21 bits per heavy atom. The van der Waals surface area contributed by atoms with E-state index in [1.54, 1.807) is 0 Å². The molecule has 1 aromatic carbocycles. The van der Waals surface area contributed by atoms with Gasteiger partial charge in [0.1, 0.15) is 0 Å². The molecular weight excluding hydrogens is 170 g/mol. The van der Waals surface area contributed by atoms with Crippen LogP contribution in [0.25, 0.3) is 0 Å². The molecule has 76 valence electrons. The van der Waals surface area contributed by atoms with Crippen molar-refractivity contribution in [3.05, 3.63) is 35.9 Å². The molecule has 0 aliphatic heterocycles. The van der Waals surface area contributed by atoms with Crippen molar-refractivity contribution in [2.24, 2.45) is 11.8 Å². The highest BCUT2D eigenvalue weighted by atomic mass is 15.1. The van der Waals surface area contributed by atoms with Gasteiger partial charge in [-0.25, -0.2) is 0 Å². The molecule has 3 atom stereocenters. The summed E-state index contributed by atoms with van der Waals surface area (Å²) in [4.78, 5) is 2.35. The first-order valence-electron chi connectivity index (χ1n) is 5.41. The van der Waals surface area contributed by atoms with Gasteiger partial charge in [-0.15, -0.1) is 0 Å². The topological polar surface area (TPSA) is 3.24 Å². The monoisotopic (exact) mass is 189 g/mol. The highest BCUT2D eigenvalue weighted by Gasteiger charge is 2.40. The highest BCUT2D eigenvalue weighted by molar-refractivity contribution is 5.21. The summed E-state index contributed by atoms with van der Waals surface area (Å²) in [7, 11) is 4.37. The zero-order chi connectivity index (χ0) is 10.1. The van der Waals surface area contributed by atoms with Crippen LogP contribution in [0.3, 0.4) is 0 Å². The van der Waals surface area contributed by atoms with Crippen LogP contribution in [0.1, 0.15) is 24.9 Å². The summed E-state index contributed by atoms with van der Waals surface area (Å²) in [6.45, 7) is 2.35. The third-order valence-electron chi connectivity index (χ3n) is 3.27. The van der Waals surface area contributed by atoms with Gasteiger partial charge < -0.3 is 4.90 Å². The maximum atomic E-state index is 2.35. The van der Waals surface area contributed by atoms with E-state index in [-0.39, 0.29) is 0 Å². The standard InChI is InChI=1S/C13H19N/c1-10-9-12(10)13(14(2)3)11-7-5-4-6-8-11/h4-8,10,12-13H,9H2,1-3H3/t10?,12?,13-/m1/s1. The predicted molar refractivity (Wildman–Crippen MR) is 60.1 cm³/mol. The Morgan fingerprint density at radius 3 is 2.21 bits per heavy atom. The van der Waals surface area contributed by atoms with E-state index in [9.17, 15) is 0 Å². The molecule has 1 aliphatic carbocycles. The van der Waals surface area contributed by atoms with Crippen LogP contribution in [-0.4, -0.2) is 19.0 Å². The van der Waals surface area contributed by atoms with E-state index < -0.39 is 0 Å². The second kappa shape index (κ2) is 3.74. The number of benzene rings is 1. The average Bonchev–Trinajstić information content (AvgIpc) is 2.84. The van der Waals surface area contributed by atoms with Gasteiger partial charge in [-0.05, 0) is 37.9 Å². The van der Waals surface area contributed by atoms with Crippen LogP contribution in [0.15, 0.2) is 30.3 Å². The second-order valence-electron chi connectivity index (χ2n) is 4.70. The fourth-order valence-corrected chi connectivity index (χ4v) is 2.37. The van der Waals surface area contributed by atoms with E-state index in [1.165, 1.54) is 12.0 Å². The van der Waals surface area contributed by atoms with Gasteiger partial charge in [0.15, 0.2) is 0 Å². The van der Waals surface area contributed by atoms with Gasteiger partial charge in [0.05, 0.1) is 0 Å². The van der Waals surface area contributed by atoms with Crippen molar-refractivity contribution in [1.82, 2.24) is 4.90 Å². The minimum Gasteiger partial charge on any atom is -0.302 e. The third-order valence-corrected chi connectivity index (χ3v) is 3.27. The quantitative estimate of drug-likeness (QED) is 0.706. The summed E-state index contributed by atoms with van der Waals surface area (Å²) in [6.07, 6.45) is 1.39. The molecule has 0 bridgehead atoms. The molecule has 2 rings (SSSR count). The minimum absolute atomic E-state index is 0.617. The van der Waals surface area contributed by atoms with Gasteiger partial charge in [-0.3, -0.25) is 0 Å². The van der Waals surface area contributed by atoms with E-state index in [0.717, 1.165) is 11.8 Å². The van der Waals surface area contributed by atoms with Crippen LogP contribution in [0.4, 0.5) is 0 Å². The van der Waals surface area contributed by atoms with Crippen molar-refractivity contribution in [1.29, 1.82) is 0 Å². The summed E-state index contributed by atoms with van der Waals surface area (Å²) in [6, 6.07) is 11.5. The van der Waals surface area contributed by atoms with Gasteiger partial charge in [-0.2, -0.15) is 0 Å². The Bertz CT molecular complexity index is 291. The molecular formula is C13H19N. The molecule has 1 fully saturated rings. The fraction of sp³-hybridized carbons (Fsp3) is 0.538. The SMILES string of the molecule is CC1CC1[C@@H](c1ccccc1)N(C)C. The van der Waals surface area contributed by atoms with E-state index >= 15 is 0 Å². The molecule has 0 amide bonds. The van der Waals surface area contributed by atoms with Gasteiger partial charge in [0.25, 0.3) is 0 Å². The van der Waals surface area contributed by atoms with Crippen molar-refractivity contribution in [2.45, 2.75) is 19.4 Å². The van der Waals surface area contributed by atoms with Gasteiger partial charge in [-0.1, -0.05) is 37.3 Å². The molecule has 1 aliphatic rings. The lowest BCUT2D eigenvalue weighted by atomic mass is 10.0. The van der Waals surface area contributed by atoms with E-state index in [0.29, 0.717) is 6.04 Å². The average molecular weight is 189 g/mol. The zero-order valence-corrected chi connectivity index (χ0v) is 9.27. The minimum atomic E-state index is 0.617. The maximum Gasteiger partial charge on any atom is 0.0372 e. The van der Waals surface area contributed by atoms with Crippen molar-refractivity contribution in [2.75, 3.05) is 14.1 Å². The molecule has 2 unspecified atom stereocenters. The number of rotatable bonds is 3. The van der Waals surface area contributed by atoms with Crippen molar-refractivity contribution < 1.29 is 0 Å². The molecule has 1 saturated carbocycles. The highest BCUT2D eigenvalue weighted by Crippen LogP contribution is 2.48. The number of hydrogen-bond donors (Lipinski definition) is 0. The van der Waals surface area contributed by atoms with Crippen LogP contribution >= 0.6 is 0 Å². The Balaban J connectivity index is 2.19. The van der Waals surface area contributed by atoms with Crippen molar-refractivity contribution in [3.8, 4) is 0 Å². The predicted octanol–water partition coefficient (Wildman–Crippen LogP) is 2.95. The first-order valence-corrected chi connectivity index (χ1v) is 5.41. The van der Waals surface area contributed by atoms with Crippen LogP contribution in [0, 0.1) is 11.8 Å². The van der Waals surface area contributed by atoms with Crippen LogP contribution in [0.5, 0.6) is 0 Å². The first kappa shape index (κ1) is 9.72. The van der Waals surface area contributed by atoms with E-state index in [4.69, 9.17) is 0 Å². The lowest BCUT2D eigenvalue weighted by molar-refractivity contribution is 0.262. The van der Waals surface area contributed by atoms with E-state index in [1.807, 2.05) is 0 Å². The molecule has 0 N–H and O–H groups in total. The lowest BCUT2D eigenvalue weighted by Gasteiger charge is -2.25. The summed E-state index contributed by atoms with van der Waals surface area (Å²) in [5.41, 5.74) is 1.46. The largest absolute Gasteiger partial charge is 0.302 e. The molecule has 14 heavy (non-hydrogen) atoms. The van der Waals surface area contributed by atoms with Crippen molar-refractivity contribution >= 4 is 0 Å². The number of nitrogens with zero attached hydrogens (tertiary/aromatic N) is 1. The molecule has 0 heterocycles. The Hall–Kier alpha value is -0.820. The summed E-state index contributed by atoms with van der Waals surface area (Å²) >= 11 is 0. The smallest absolute Gasteiger partial charge is 0.0372 e.